The van der Waals surface area contributed by atoms with Crippen molar-refractivity contribution in [2.45, 2.75) is 32.6 Å². The van der Waals surface area contributed by atoms with E-state index in [9.17, 15) is 13.6 Å². The van der Waals surface area contributed by atoms with Crippen LogP contribution in [-0.2, 0) is 0 Å². The number of carboxylic acid groups (broad SMARTS) is 1. The lowest BCUT2D eigenvalue weighted by atomic mass is 10.1. The summed E-state index contributed by atoms with van der Waals surface area (Å²) in [6, 6.07) is 0. The van der Waals surface area contributed by atoms with Crippen molar-refractivity contribution in [2.24, 2.45) is 5.41 Å². The minimum Gasteiger partial charge on any atom is -0.478 e. The highest BCUT2D eigenvalue weighted by atomic mass is 19.3. The lowest BCUT2D eigenvalue weighted by Crippen LogP contribution is -2.10. The van der Waals surface area contributed by atoms with Crippen LogP contribution in [0.1, 0.15) is 54.5 Å². The molecule has 0 aromatic carbocycles. The predicted octanol–water partition coefficient (Wildman–Crippen LogP) is 2.63. The highest BCUT2D eigenvalue weighted by molar-refractivity contribution is 5.88. The molecular formula is C11H12F2N2O2. The van der Waals surface area contributed by atoms with Crippen molar-refractivity contribution in [2.75, 3.05) is 0 Å². The van der Waals surface area contributed by atoms with Gasteiger partial charge in [0.2, 0.25) is 0 Å². The Hall–Kier alpha value is -1.59. The molecule has 1 heterocycles. The van der Waals surface area contributed by atoms with Crippen molar-refractivity contribution in [3.8, 4) is 0 Å². The zero-order valence-corrected chi connectivity index (χ0v) is 9.44. The first kappa shape index (κ1) is 11.9. The first-order chi connectivity index (χ1) is 7.83. The number of hydrogen-bond acceptors (Lipinski definition) is 3. The molecule has 1 atom stereocenters. The van der Waals surface area contributed by atoms with E-state index in [0.717, 1.165) is 12.6 Å². The van der Waals surface area contributed by atoms with Crippen molar-refractivity contribution in [1.29, 1.82) is 0 Å². The molecule has 17 heavy (non-hydrogen) atoms. The van der Waals surface area contributed by atoms with Crippen LogP contribution in [0.5, 0.6) is 0 Å². The first-order valence-corrected chi connectivity index (χ1v) is 5.21. The molecule has 92 valence electrons. The Morgan fingerprint density at radius 3 is 2.59 bits per heavy atom. The van der Waals surface area contributed by atoms with E-state index < -0.39 is 23.7 Å². The van der Waals surface area contributed by atoms with Crippen LogP contribution in [0, 0.1) is 5.41 Å². The molecule has 0 saturated heterocycles. The van der Waals surface area contributed by atoms with Crippen molar-refractivity contribution >= 4 is 5.97 Å². The Morgan fingerprint density at radius 1 is 1.59 bits per heavy atom. The van der Waals surface area contributed by atoms with E-state index in [1.807, 2.05) is 13.8 Å². The minimum atomic E-state index is -2.90. The van der Waals surface area contributed by atoms with Crippen molar-refractivity contribution in [3.05, 3.63) is 23.3 Å². The summed E-state index contributed by atoms with van der Waals surface area (Å²) in [5.74, 6) is -1.07. The highest BCUT2D eigenvalue weighted by Crippen LogP contribution is 2.57. The molecule has 1 N–H and O–H groups in total. The second-order valence-electron chi connectivity index (χ2n) is 4.88. The summed E-state index contributed by atoms with van der Waals surface area (Å²) in [5.41, 5.74) is -1.20. The van der Waals surface area contributed by atoms with Gasteiger partial charge in [0, 0.05) is 12.1 Å². The number of hydrogen-bond donors (Lipinski definition) is 1. The summed E-state index contributed by atoms with van der Waals surface area (Å²) in [7, 11) is 0. The van der Waals surface area contributed by atoms with E-state index in [1.54, 1.807) is 0 Å². The van der Waals surface area contributed by atoms with Crippen LogP contribution < -0.4 is 0 Å². The largest absolute Gasteiger partial charge is 0.478 e. The summed E-state index contributed by atoms with van der Waals surface area (Å²) < 4.78 is 25.4. The summed E-state index contributed by atoms with van der Waals surface area (Å²) in [6.07, 6.45) is -1.09. The van der Waals surface area contributed by atoms with Crippen LogP contribution >= 0.6 is 0 Å². The third-order valence-corrected chi connectivity index (χ3v) is 3.10. The van der Waals surface area contributed by atoms with Gasteiger partial charge in [-0.25, -0.2) is 23.5 Å². The third kappa shape index (κ3) is 2.11. The fraction of sp³-hybridized carbons (Fsp3) is 0.545. The predicted molar refractivity (Wildman–Crippen MR) is 55.1 cm³/mol. The molecule has 0 bridgehead atoms. The Bertz CT molecular complexity index is 475. The average Bonchev–Trinajstić information content (AvgIpc) is 2.86. The molecule has 0 aliphatic heterocycles. The molecule has 0 amide bonds. The van der Waals surface area contributed by atoms with E-state index in [2.05, 4.69) is 9.97 Å². The Morgan fingerprint density at radius 2 is 2.18 bits per heavy atom. The van der Waals surface area contributed by atoms with Crippen LogP contribution in [0.15, 0.2) is 6.20 Å². The monoisotopic (exact) mass is 242 g/mol. The van der Waals surface area contributed by atoms with Gasteiger partial charge in [-0.15, -0.1) is 0 Å². The summed E-state index contributed by atoms with van der Waals surface area (Å²) in [6.45, 7) is 3.99. The van der Waals surface area contributed by atoms with Crippen LogP contribution in [0.4, 0.5) is 8.78 Å². The second-order valence-corrected chi connectivity index (χ2v) is 4.88. The van der Waals surface area contributed by atoms with Crippen LogP contribution in [0.3, 0.4) is 0 Å². The number of carbonyl (C=O) groups is 1. The van der Waals surface area contributed by atoms with Gasteiger partial charge in [-0.1, -0.05) is 13.8 Å². The SMILES string of the molecule is CC1(C)CC1c1ncc(C(=O)O)c(C(F)F)n1. The van der Waals surface area contributed by atoms with Crippen LogP contribution in [-0.4, -0.2) is 21.0 Å². The van der Waals surface area contributed by atoms with Gasteiger partial charge >= 0.3 is 5.97 Å². The number of aromatic nitrogens is 2. The zero-order valence-electron chi connectivity index (χ0n) is 9.44. The molecule has 0 spiro atoms. The van der Waals surface area contributed by atoms with Crippen LogP contribution in [0.2, 0.25) is 0 Å². The summed E-state index contributed by atoms with van der Waals surface area (Å²) >= 11 is 0. The molecular weight excluding hydrogens is 230 g/mol. The number of carboxylic acids is 1. The summed E-state index contributed by atoms with van der Waals surface area (Å²) in [5, 5.41) is 8.75. The molecule has 1 aromatic heterocycles. The summed E-state index contributed by atoms with van der Waals surface area (Å²) in [4.78, 5) is 18.3. The second kappa shape index (κ2) is 3.72. The molecule has 1 fully saturated rings. The number of aromatic carboxylic acids is 1. The van der Waals surface area contributed by atoms with E-state index in [0.29, 0.717) is 5.82 Å². The Kier molecular flexibility index (Phi) is 2.60. The molecule has 1 unspecified atom stereocenters. The number of alkyl halides is 2. The molecule has 1 saturated carbocycles. The zero-order chi connectivity index (χ0) is 12.8. The maximum atomic E-state index is 12.7. The van der Waals surface area contributed by atoms with E-state index in [4.69, 9.17) is 5.11 Å². The quantitative estimate of drug-likeness (QED) is 0.884. The molecule has 6 heteroatoms. The molecule has 1 aliphatic carbocycles. The Labute approximate surface area is 96.7 Å². The minimum absolute atomic E-state index is 0.0180. The van der Waals surface area contributed by atoms with E-state index in [1.165, 1.54) is 0 Å². The van der Waals surface area contributed by atoms with Gasteiger partial charge in [0.25, 0.3) is 6.43 Å². The van der Waals surface area contributed by atoms with Crippen molar-refractivity contribution < 1.29 is 18.7 Å². The van der Waals surface area contributed by atoms with Crippen molar-refractivity contribution in [1.82, 2.24) is 9.97 Å². The highest BCUT2D eigenvalue weighted by Gasteiger charge is 2.48. The normalized spacial score (nSPS) is 21.6. The fourth-order valence-corrected chi connectivity index (χ4v) is 1.82. The fourth-order valence-electron chi connectivity index (χ4n) is 1.82. The lowest BCUT2D eigenvalue weighted by Gasteiger charge is -2.07. The molecule has 2 rings (SSSR count). The van der Waals surface area contributed by atoms with Gasteiger partial charge in [-0.05, 0) is 11.8 Å². The molecule has 1 aromatic rings. The lowest BCUT2D eigenvalue weighted by molar-refractivity contribution is 0.0681. The van der Waals surface area contributed by atoms with Gasteiger partial charge in [-0.3, -0.25) is 0 Å². The number of nitrogens with zero attached hydrogens (tertiary/aromatic N) is 2. The maximum Gasteiger partial charge on any atom is 0.339 e. The smallest absolute Gasteiger partial charge is 0.339 e. The van der Waals surface area contributed by atoms with Gasteiger partial charge in [0.15, 0.2) is 0 Å². The van der Waals surface area contributed by atoms with Crippen molar-refractivity contribution in [3.63, 3.8) is 0 Å². The van der Waals surface area contributed by atoms with Gasteiger partial charge in [0.05, 0.1) is 0 Å². The van der Waals surface area contributed by atoms with Gasteiger partial charge < -0.3 is 5.11 Å². The number of halogens is 2. The Balaban J connectivity index is 2.40. The third-order valence-electron chi connectivity index (χ3n) is 3.10. The first-order valence-electron chi connectivity index (χ1n) is 5.21. The number of rotatable bonds is 3. The molecule has 1 aliphatic rings. The van der Waals surface area contributed by atoms with Crippen LogP contribution in [0.25, 0.3) is 0 Å². The maximum absolute atomic E-state index is 12.7. The molecule has 4 nitrogen and oxygen atoms in total. The standard InChI is InChI=1S/C11H12F2N2O2/c1-11(2)3-6(11)9-14-4-5(10(16)17)7(15-9)8(12)13/h4,6,8H,3H2,1-2H3,(H,16,17). The topological polar surface area (TPSA) is 63.1 Å². The van der Waals surface area contributed by atoms with E-state index >= 15 is 0 Å². The van der Waals surface area contributed by atoms with Gasteiger partial charge in [0.1, 0.15) is 17.1 Å². The molecule has 0 radical (unpaired) electrons. The average molecular weight is 242 g/mol. The van der Waals surface area contributed by atoms with E-state index in [-0.39, 0.29) is 11.3 Å². The van der Waals surface area contributed by atoms with Gasteiger partial charge in [-0.2, -0.15) is 0 Å².